The Morgan fingerprint density at radius 2 is 1.68 bits per heavy atom. The Morgan fingerprint density at radius 3 is 2.41 bits per heavy atom. The molecule has 0 saturated heterocycles. The van der Waals surface area contributed by atoms with Crippen molar-refractivity contribution in [2.75, 3.05) is 30.3 Å². The molecule has 1 aliphatic heterocycles. The van der Waals surface area contributed by atoms with Gasteiger partial charge in [0, 0.05) is 0 Å². The molecule has 3 aromatic carbocycles. The molecule has 1 N–H and O–H groups in total. The van der Waals surface area contributed by atoms with Gasteiger partial charge in [-0.2, -0.15) is 0 Å². The lowest BCUT2D eigenvalue weighted by atomic mass is 10.1. The van der Waals surface area contributed by atoms with Gasteiger partial charge in [-0.15, -0.1) is 0 Å². The highest BCUT2D eigenvalue weighted by Crippen LogP contribution is 2.34. The van der Waals surface area contributed by atoms with Crippen molar-refractivity contribution in [3.63, 3.8) is 0 Å². The Labute approximate surface area is 199 Å². The van der Waals surface area contributed by atoms with Crippen molar-refractivity contribution < 1.29 is 27.4 Å². The monoisotopic (exact) mass is 482 g/mol. The summed E-state index contributed by atoms with van der Waals surface area (Å²) in [5, 5.41) is 2.86. The van der Waals surface area contributed by atoms with E-state index < -0.39 is 22.5 Å². The predicted molar refractivity (Wildman–Crippen MR) is 129 cm³/mol. The van der Waals surface area contributed by atoms with Crippen molar-refractivity contribution in [3.05, 3.63) is 78.4 Å². The zero-order valence-corrected chi connectivity index (χ0v) is 19.7. The van der Waals surface area contributed by atoms with E-state index in [0.717, 1.165) is 16.1 Å². The maximum atomic E-state index is 12.9. The van der Waals surface area contributed by atoms with E-state index >= 15 is 0 Å². The molecule has 1 atom stereocenters. The van der Waals surface area contributed by atoms with E-state index in [1.54, 1.807) is 42.5 Å². The molecule has 0 radical (unpaired) electrons. The molecule has 4 rings (SSSR count). The Morgan fingerprint density at radius 1 is 1.00 bits per heavy atom. The van der Waals surface area contributed by atoms with Crippen LogP contribution in [0, 0.1) is 0 Å². The van der Waals surface area contributed by atoms with Crippen LogP contribution in [0.5, 0.6) is 23.0 Å². The fourth-order valence-electron chi connectivity index (χ4n) is 3.58. The molecule has 1 heterocycles. The normalized spacial score (nSPS) is 13.6. The fourth-order valence-corrected chi connectivity index (χ4v) is 4.44. The molecule has 8 nitrogen and oxygen atoms in total. The Hall–Kier alpha value is -3.72. The second-order valence-electron chi connectivity index (χ2n) is 7.84. The van der Waals surface area contributed by atoms with Gasteiger partial charge in [0.15, 0.2) is 17.2 Å². The molecule has 0 saturated carbocycles. The summed E-state index contributed by atoms with van der Waals surface area (Å²) in [4.78, 5) is 12.9. The molecular weight excluding hydrogens is 456 g/mol. The number of anilines is 1. The van der Waals surface area contributed by atoms with Crippen LogP contribution in [-0.2, 0) is 14.8 Å². The Kier molecular flexibility index (Phi) is 6.93. The summed E-state index contributed by atoms with van der Waals surface area (Å²) in [6.07, 6.45) is 1.06. The Balaban J connectivity index is 1.52. The highest BCUT2D eigenvalue weighted by Gasteiger charge is 2.25. The maximum absolute atomic E-state index is 12.9. The van der Waals surface area contributed by atoms with Crippen LogP contribution in [0.25, 0.3) is 0 Å². The minimum Gasteiger partial charge on any atom is -0.486 e. The summed E-state index contributed by atoms with van der Waals surface area (Å²) in [5.74, 6) is 1.70. The van der Waals surface area contributed by atoms with Gasteiger partial charge in [-0.05, 0) is 48.9 Å². The van der Waals surface area contributed by atoms with E-state index in [-0.39, 0.29) is 11.7 Å². The molecule has 1 aliphatic rings. The molecule has 0 bridgehead atoms. The van der Waals surface area contributed by atoms with Crippen LogP contribution >= 0.6 is 0 Å². The van der Waals surface area contributed by atoms with Gasteiger partial charge in [0.05, 0.1) is 18.0 Å². The third-order valence-corrected chi connectivity index (χ3v) is 6.36. The van der Waals surface area contributed by atoms with Gasteiger partial charge in [-0.1, -0.05) is 36.4 Å². The number of amides is 1. The van der Waals surface area contributed by atoms with Crippen molar-refractivity contribution in [1.29, 1.82) is 0 Å². The number of para-hydroxylation sites is 3. The van der Waals surface area contributed by atoms with Gasteiger partial charge in [-0.25, -0.2) is 8.42 Å². The van der Waals surface area contributed by atoms with E-state index in [9.17, 15) is 13.2 Å². The van der Waals surface area contributed by atoms with E-state index in [0.29, 0.717) is 36.2 Å². The summed E-state index contributed by atoms with van der Waals surface area (Å²) >= 11 is 0. The largest absolute Gasteiger partial charge is 0.486 e. The van der Waals surface area contributed by atoms with E-state index in [4.69, 9.17) is 14.2 Å². The first-order valence-corrected chi connectivity index (χ1v) is 12.6. The first kappa shape index (κ1) is 23.4. The number of carbonyl (C=O) groups is 1. The number of hydrogen-bond donors (Lipinski definition) is 1. The van der Waals surface area contributed by atoms with Gasteiger partial charge in [0.25, 0.3) is 0 Å². The standard InChI is InChI=1S/C25H26N2O6S/c1-18(19-12-13-23-24(16-19)32-15-14-31-23)26-25(28)17-27(34(2,29)30)21-10-6-7-11-22(21)33-20-8-4-3-5-9-20/h3-13,16,18H,14-15,17H2,1-2H3,(H,26,28). The minimum atomic E-state index is -3.78. The Bertz CT molecular complexity index is 1260. The van der Waals surface area contributed by atoms with Crippen LogP contribution in [0.1, 0.15) is 18.5 Å². The number of sulfonamides is 1. The topological polar surface area (TPSA) is 94.2 Å². The number of benzene rings is 3. The number of carbonyl (C=O) groups excluding carboxylic acids is 1. The molecular formula is C25H26N2O6S. The molecule has 0 aromatic heterocycles. The van der Waals surface area contributed by atoms with E-state index in [1.165, 1.54) is 0 Å². The van der Waals surface area contributed by atoms with Gasteiger partial charge in [-0.3, -0.25) is 9.10 Å². The molecule has 0 fully saturated rings. The van der Waals surface area contributed by atoms with Crippen LogP contribution in [0.15, 0.2) is 72.8 Å². The molecule has 178 valence electrons. The average molecular weight is 483 g/mol. The lowest BCUT2D eigenvalue weighted by molar-refractivity contribution is -0.120. The van der Waals surface area contributed by atoms with Crippen molar-refractivity contribution in [2.24, 2.45) is 0 Å². The second kappa shape index (κ2) is 10.0. The van der Waals surface area contributed by atoms with E-state index in [1.807, 2.05) is 37.3 Å². The van der Waals surface area contributed by atoms with Crippen LogP contribution < -0.4 is 23.8 Å². The SMILES string of the molecule is CC(NC(=O)CN(c1ccccc1Oc1ccccc1)S(C)(=O)=O)c1ccc2c(c1)OCCO2. The molecule has 1 unspecified atom stereocenters. The summed E-state index contributed by atoms with van der Waals surface area (Å²) in [7, 11) is -3.78. The van der Waals surface area contributed by atoms with Crippen molar-refractivity contribution in [2.45, 2.75) is 13.0 Å². The average Bonchev–Trinajstić information content (AvgIpc) is 2.83. The second-order valence-corrected chi connectivity index (χ2v) is 9.75. The summed E-state index contributed by atoms with van der Waals surface area (Å²) in [6, 6.07) is 20.8. The van der Waals surface area contributed by atoms with Crippen LogP contribution in [0.2, 0.25) is 0 Å². The number of ether oxygens (including phenoxy) is 3. The lowest BCUT2D eigenvalue weighted by Crippen LogP contribution is -2.41. The number of hydrogen-bond acceptors (Lipinski definition) is 6. The first-order chi connectivity index (χ1) is 16.3. The summed E-state index contributed by atoms with van der Waals surface area (Å²) in [5.41, 5.74) is 1.09. The van der Waals surface area contributed by atoms with E-state index in [2.05, 4.69) is 5.32 Å². The van der Waals surface area contributed by atoms with Crippen molar-refractivity contribution >= 4 is 21.6 Å². The van der Waals surface area contributed by atoms with Crippen molar-refractivity contribution in [3.8, 4) is 23.0 Å². The highest BCUT2D eigenvalue weighted by atomic mass is 32.2. The molecule has 1 amide bonds. The molecule has 0 aliphatic carbocycles. The fraction of sp³-hybridized carbons (Fsp3) is 0.240. The third kappa shape index (κ3) is 5.60. The predicted octanol–water partition coefficient (Wildman–Crippen LogP) is 3.89. The number of nitrogens with zero attached hydrogens (tertiary/aromatic N) is 1. The zero-order chi connectivity index (χ0) is 24.1. The first-order valence-electron chi connectivity index (χ1n) is 10.8. The lowest BCUT2D eigenvalue weighted by Gasteiger charge is -2.25. The molecule has 3 aromatic rings. The van der Waals surface area contributed by atoms with Gasteiger partial charge >= 0.3 is 0 Å². The third-order valence-electron chi connectivity index (χ3n) is 5.24. The summed E-state index contributed by atoms with van der Waals surface area (Å²) in [6.45, 7) is 2.38. The molecule has 34 heavy (non-hydrogen) atoms. The smallest absolute Gasteiger partial charge is 0.241 e. The van der Waals surface area contributed by atoms with Crippen molar-refractivity contribution in [1.82, 2.24) is 5.32 Å². The summed E-state index contributed by atoms with van der Waals surface area (Å²) < 4.78 is 43.4. The number of nitrogens with one attached hydrogen (secondary N) is 1. The quantitative estimate of drug-likeness (QED) is 0.524. The van der Waals surface area contributed by atoms with Gasteiger partial charge in [0.1, 0.15) is 25.5 Å². The number of rotatable bonds is 8. The minimum absolute atomic E-state index is 0.274. The maximum Gasteiger partial charge on any atom is 0.241 e. The molecule has 0 spiro atoms. The van der Waals surface area contributed by atoms with Gasteiger partial charge in [0.2, 0.25) is 15.9 Å². The number of fused-ring (bicyclic) bond motifs is 1. The zero-order valence-electron chi connectivity index (χ0n) is 18.9. The highest BCUT2D eigenvalue weighted by molar-refractivity contribution is 7.92. The van der Waals surface area contributed by atoms with Crippen LogP contribution in [0.3, 0.4) is 0 Å². The van der Waals surface area contributed by atoms with Gasteiger partial charge < -0.3 is 19.5 Å². The van der Waals surface area contributed by atoms with Crippen LogP contribution in [-0.4, -0.2) is 40.3 Å². The van der Waals surface area contributed by atoms with Crippen LogP contribution in [0.4, 0.5) is 5.69 Å². The molecule has 9 heteroatoms.